The van der Waals surface area contributed by atoms with Crippen molar-refractivity contribution in [3.63, 3.8) is 0 Å². The molecule has 8 unspecified atom stereocenters. The molecule has 2 aliphatic carbocycles. The summed E-state index contributed by atoms with van der Waals surface area (Å²) in [6.45, 7) is 3.88. The molecule has 2 saturated carbocycles. The van der Waals surface area contributed by atoms with Crippen molar-refractivity contribution in [1.82, 2.24) is 26.2 Å². The molecule has 5 N–H and O–H groups in total. The van der Waals surface area contributed by atoms with E-state index in [0.29, 0.717) is 38.8 Å². The Hall–Kier alpha value is -0.950. The molecule has 0 aromatic rings. The van der Waals surface area contributed by atoms with Gasteiger partial charge in [-0.15, -0.1) is 0 Å². The molecule has 11 heteroatoms. The van der Waals surface area contributed by atoms with Gasteiger partial charge in [-0.05, 0) is 57.5 Å². The highest BCUT2D eigenvalue weighted by molar-refractivity contribution is 5.78. The van der Waals surface area contributed by atoms with Crippen molar-refractivity contribution >= 4 is 5.91 Å². The van der Waals surface area contributed by atoms with Gasteiger partial charge in [0.15, 0.2) is 6.17 Å². The highest BCUT2D eigenvalue weighted by Gasteiger charge is 2.48. The van der Waals surface area contributed by atoms with Crippen LogP contribution in [0.15, 0.2) is 0 Å². The maximum absolute atomic E-state index is 15.1. The number of likely N-dealkylation sites (tertiary alicyclic amines) is 1. The Bertz CT molecular complexity index is 742. The van der Waals surface area contributed by atoms with E-state index in [-0.39, 0.29) is 43.2 Å². The molecule has 5 aliphatic rings. The van der Waals surface area contributed by atoms with Gasteiger partial charge in [0.1, 0.15) is 6.17 Å². The lowest BCUT2D eigenvalue weighted by atomic mass is 9.72. The smallest absolute Gasteiger partial charge is 0.223 e. The van der Waals surface area contributed by atoms with E-state index in [2.05, 4.69) is 21.3 Å². The first-order chi connectivity index (χ1) is 18.0. The number of aliphatic hydroxyl groups is 1. The van der Waals surface area contributed by atoms with Crippen molar-refractivity contribution in [2.75, 3.05) is 52.6 Å². The van der Waals surface area contributed by atoms with E-state index in [9.17, 15) is 14.3 Å². The predicted octanol–water partition coefficient (Wildman–Crippen LogP) is 0.280. The van der Waals surface area contributed by atoms with Gasteiger partial charge in [-0.2, -0.15) is 0 Å². The molecule has 9 atom stereocenters. The monoisotopic (exact) mass is 529 g/mol. The fraction of sp³-hybridized carbons (Fsp3) is 0.962. The lowest BCUT2D eigenvalue weighted by molar-refractivity contribution is -0.128. The number of amides is 1. The summed E-state index contributed by atoms with van der Waals surface area (Å²) in [6, 6.07) is 0.563. The number of hydrogen-bond acceptors (Lipinski definition) is 8. The van der Waals surface area contributed by atoms with Crippen molar-refractivity contribution < 1.29 is 28.2 Å². The van der Waals surface area contributed by atoms with Crippen LogP contribution in [0.1, 0.15) is 44.9 Å². The largest absolute Gasteiger partial charge is 0.390 e. The van der Waals surface area contributed by atoms with Gasteiger partial charge in [-0.1, -0.05) is 6.42 Å². The van der Waals surface area contributed by atoms with Gasteiger partial charge in [-0.3, -0.25) is 15.4 Å². The number of rotatable bonds is 10. The number of ether oxygens (including phenoxy) is 2. The second-order valence-electron chi connectivity index (χ2n) is 11.8. The van der Waals surface area contributed by atoms with E-state index in [4.69, 9.17) is 9.47 Å². The van der Waals surface area contributed by atoms with Crippen molar-refractivity contribution in [2.45, 2.75) is 87.8 Å². The Morgan fingerprint density at radius 2 is 2.05 bits per heavy atom. The molecular formula is C26H45F2N5O4. The highest BCUT2D eigenvalue weighted by atomic mass is 19.2. The molecular weight excluding hydrogens is 484 g/mol. The molecule has 9 nitrogen and oxygen atoms in total. The van der Waals surface area contributed by atoms with E-state index < -0.39 is 30.5 Å². The van der Waals surface area contributed by atoms with Crippen LogP contribution in [0.3, 0.4) is 0 Å². The minimum atomic E-state index is -1.65. The molecule has 5 rings (SSSR count). The van der Waals surface area contributed by atoms with Crippen LogP contribution in [-0.4, -0.2) is 111 Å². The third-order valence-electron chi connectivity index (χ3n) is 9.08. The molecule has 37 heavy (non-hydrogen) atoms. The first-order valence-corrected chi connectivity index (χ1v) is 14.4. The zero-order valence-corrected chi connectivity index (χ0v) is 21.8. The Balaban J connectivity index is 1.02. The molecule has 0 spiro atoms. The first-order valence-electron chi connectivity index (χ1n) is 14.4. The molecule has 3 saturated heterocycles. The number of nitrogens with one attached hydrogen (secondary N) is 4. The van der Waals surface area contributed by atoms with Crippen LogP contribution in [-0.2, 0) is 14.3 Å². The molecule has 5 fully saturated rings. The SMILES string of the molecule is O=C(NC[C@H](O)CN1CCC2CC(OCC3CNCO3)C(F)C(F)C2C1)C1CCNC(NC2CCC2)C1. The molecule has 1 amide bonds. The normalized spacial score (nSPS) is 40.1. The lowest BCUT2D eigenvalue weighted by Gasteiger charge is -2.46. The van der Waals surface area contributed by atoms with Crippen LogP contribution in [0.25, 0.3) is 0 Å². The van der Waals surface area contributed by atoms with Gasteiger partial charge < -0.3 is 30.1 Å². The van der Waals surface area contributed by atoms with E-state index in [1.165, 1.54) is 19.3 Å². The third-order valence-corrected chi connectivity index (χ3v) is 9.08. The lowest BCUT2D eigenvalue weighted by Crippen LogP contribution is -2.56. The Morgan fingerprint density at radius 1 is 1.19 bits per heavy atom. The number of halogens is 2. The second-order valence-corrected chi connectivity index (χ2v) is 11.8. The predicted molar refractivity (Wildman–Crippen MR) is 134 cm³/mol. The summed E-state index contributed by atoms with van der Waals surface area (Å²) in [5, 5.41) is 23.6. The molecule has 3 aliphatic heterocycles. The number of piperidine rings is 2. The molecule has 3 heterocycles. The number of β-amino-alcohol motifs (C(OH)–C–C–N with tert-alkyl or cyclic N) is 1. The van der Waals surface area contributed by atoms with E-state index in [1.807, 2.05) is 4.90 Å². The minimum Gasteiger partial charge on any atom is -0.390 e. The van der Waals surface area contributed by atoms with Crippen LogP contribution < -0.4 is 21.3 Å². The van der Waals surface area contributed by atoms with Crippen LogP contribution in [0.2, 0.25) is 0 Å². The number of fused-ring (bicyclic) bond motifs is 1. The summed E-state index contributed by atoms with van der Waals surface area (Å²) in [5.41, 5.74) is 0. The highest BCUT2D eigenvalue weighted by Crippen LogP contribution is 2.40. The number of hydrogen-bond donors (Lipinski definition) is 5. The van der Waals surface area contributed by atoms with Gasteiger partial charge in [-0.25, -0.2) is 8.78 Å². The summed E-state index contributed by atoms with van der Waals surface area (Å²) in [6.07, 6.45) is 1.86. The third kappa shape index (κ3) is 7.17. The number of nitrogens with zero attached hydrogens (tertiary/aromatic N) is 1. The maximum atomic E-state index is 15.1. The zero-order valence-electron chi connectivity index (χ0n) is 21.8. The Labute approximate surface area is 218 Å². The quantitative estimate of drug-likeness (QED) is 0.275. The van der Waals surface area contributed by atoms with Crippen molar-refractivity contribution in [1.29, 1.82) is 0 Å². The van der Waals surface area contributed by atoms with Crippen molar-refractivity contribution in [3.8, 4) is 0 Å². The van der Waals surface area contributed by atoms with E-state index >= 15 is 4.39 Å². The summed E-state index contributed by atoms with van der Waals surface area (Å²) in [4.78, 5) is 14.8. The Kier molecular flexibility index (Phi) is 9.65. The van der Waals surface area contributed by atoms with Gasteiger partial charge in [0.2, 0.25) is 5.91 Å². The van der Waals surface area contributed by atoms with Gasteiger partial charge in [0, 0.05) is 44.1 Å². The molecule has 0 bridgehead atoms. The van der Waals surface area contributed by atoms with Crippen LogP contribution in [0.4, 0.5) is 8.78 Å². The summed E-state index contributed by atoms with van der Waals surface area (Å²) < 4.78 is 41.2. The number of carbonyl (C=O) groups excluding carboxylic acids is 1. The topological polar surface area (TPSA) is 107 Å². The van der Waals surface area contributed by atoms with E-state index in [0.717, 1.165) is 32.4 Å². The van der Waals surface area contributed by atoms with Gasteiger partial charge in [0.05, 0.1) is 37.8 Å². The second kappa shape index (κ2) is 12.9. The fourth-order valence-electron chi connectivity index (χ4n) is 6.61. The standard InChI is InChI=1S/C26H45F2N5O4/c27-24-21-13-33(7-5-16(21)8-22(25(24)28)36-14-20-11-29-15-37-20)12-19(34)10-31-26(35)17-4-6-30-23(9-17)32-18-2-1-3-18/h16-25,29-30,32,34H,1-15H2,(H,31,35)/t16?,17?,19-,20?,21?,22?,23?,24?,25?/m0/s1. The molecule has 212 valence electrons. The van der Waals surface area contributed by atoms with Gasteiger partial charge in [0.25, 0.3) is 0 Å². The zero-order chi connectivity index (χ0) is 25.8. The Morgan fingerprint density at radius 3 is 2.81 bits per heavy atom. The summed E-state index contributed by atoms with van der Waals surface area (Å²) in [5.74, 6) is -0.404. The molecule has 0 radical (unpaired) electrons. The van der Waals surface area contributed by atoms with Gasteiger partial charge >= 0.3 is 0 Å². The number of alkyl halides is 2. The summed E-state index contributed by atoms with van der Waals surface area (Å²) >= 11 is 0. The average Bonchev–Trinajstić information content (AvgIpc) is 3.40. The van der Waals surface area contributed by atoms with Crippen LogP contribution in [0.5, 0.6) is 0 Å². The first kappa shape index (κ1) is 27.6. The molecule has 0 aromatic carbocycles. The fourth-order valence-corrected chi connectivity index (χ4v) is 6.61. The van der Waals surface area contributed by atoms with Crippen LogP contribution in [0, 0.1) is 17.8 Å². The van der Waals surface area contributed by atoms with E-state index in [1.54, 1.807) is 0 Å². The van der Waals surface area contributed by atoms with Crippen molar-refractivity contribution in [3.05, 3.63) is 0 Å². The van der Waals surface area contributed by atoms with Crippen molar-refractivity contribution in [2.24, 2.45) is 17.8 Å². The number of carbonyl (C=O) groups is 1. The maximum Gasteiger partial charge on any atom is 0.223 e. The number of aliphatic hydroxyl groups excluding tert-OH is 1. The molecule has 0 aromatic heterocycles. The minimum absolute atomic E-state index is 0.0131. The van der Waals surface area contributed by atoms with Crippen LogP contribution >= 0.6 is 0 Å². The average molecular weight is 530 g/mol. The summed E-state index contributed by atoms with van der Waals surface area (Å²) in [7, 11) is 0.